The monoisotopic (exact) mass is 192 g/mol. The Bertz CT molecular complexity index is 179. The van der Waals surface area contributed by atoms with E-state index in [1.54, 1.807) is 13.8 Å². The topological polar surface area (TPSA) is 90.2 Å². The first-order valence-corrected chi connectivity index (χ1v) is 4.23. The fourth-order valence-corrected chi connectivity index (χ4v) is 1.49. The molecule has 0 aliphatic carbocycles. The highest BCUT2D eigenvalue weighted by molar-refractivity contribution is 4.96. The van der Waals surface area contributed by atoms with E-state index in [9.17, 15) is 15.3 Å². The smallest absolute Gasteiger partial charge is 0.111 e. The Morgan fingerprint density at radius 3 is 2.15 bits per heavy atom. The second-order valence-corrected chi connectivity index (χ2v) is 3.87. The summed E-state index contributed by atoms with van der Waals surface area (Å²) in [5, 5.41) is 37.0. The van der Waals surface area contributed by atoms with Crippen molar-refractivity contribution in [3.63, 3.8) is 0 Å². The zero-order valence-corrected chi connectivity index (χ0v) is 7.71. The van der Waals surface area contributed by atoms with E-state index in [-0.39, 0.29) is 6.61 Å². The van der Waals surface area contributed by atoms with Crippen molar-refractivity contribution in [2.24, 2.45) is 0 Å². The first-order valence-electron chi connectivity index (χ1n) is 4.23. The Morgan fingerprint density at radius 1 is 1.15 bits per heavy atom. The molecule has 0 aromatic rings. The summed E-state index contributed by atoms with van der Waals surface area (Å²) in [5.41, 5.74) is -0.952. The van der Waals surface area contributed by atoms with Gasteiger partial charge in [-0.3, -0.25) is 0 Å². The predicted molar refractivity (Wildman–Crippen MR) is 44.1 cm³/mol. The molecule has 1 saturated heterocycles. The van der Waals surface area contributed by atoms with Gasteiger partial charge in [-0.1, -0.05) is 0 Å². The summed E-state index contributed by atoms with van der Waals surface area (Å²) in [6.07, 6.45) is -4.51. The van der Waals surface area contributed by atoms with Crippen LogP contribution in [0.3, 0.4) is 0 Å². The Hall–Kier alpha value is -0.200. The molecule has 1 aliphatic rings. The van der Waals surface area contributed by atoms with E-state index in [1.807, 2.05) is 0 Å². The third kappa shape index (κ3) is 1.84. The molecule has 0 aromatic heterocycles. The molecule has 5 heteroatoms. The number of rotatable bonds is 1. The normalized spacial score (nSPS) is 44.8. The fraction of sp³-hybridized carbons (Fsp3) is 1.00. The average Bonchev–Trinajstić information content (AvgIpc) is 2.08. The van der Waals surface area contributed by atoms with Crippen molar-refractivity contribution in [3.8, 4) is 0 Å². The number of aliphatic hydroxyl groups is 4. The maximum atomic E-state index is 9.47. The van der Waals surface area contributed by atoms with Gasteiger partial charge >= 0.3 is 0 Å². The molecule has 0 bridgehead atoms. The number of ether oxygens (including phenoxy) is 1. The molecule has 1 rings (SSSR count). The van der Waals surface area contributed by atoms with Gasteiger partial charge in [0.25, 0.3) is 0 Å². The quantitative estimate of drug-likeness (QED) is 0.395. The van der Waals surface area contributed by atoms with E-state index in [2.05, 4.69) is 0 Å². The molecule has 0 radical (unpaired) electrons. The lowest BCUT2D eigenvalue weighted by atomic mass is 9.87. The zero-order valence-electron chi connectivity index (χ0n) is 7.71. The van der Waals surface area contributed by atoms with Gasteiger partial charge < -0.3 is 25.2 Å². The highest BCUT2D eigenvalue weighted by Crippen LogP contribution is 2.28. The summed E-state index contributed by atoms with van der Waals surface area (Å²) in [4.78, 5) is 0. The zero-order chi connectivity index (χ0) is 10.2. The summed E-state index contributed by atoms with van der Waals surface area (Å²) in [5.74, 6) is 0. The Labute approximate surface area is 76.6 Å². The van der Waals surface area contributed by atoms with Gasteiger partial charge in [0.2, 0.25) is 0 Å². The lowest BCUT2D eigenvalue weighted by Gasteiger charge is -2.45. The van der Waals surface area contributed by atoms with Crippen LogP contribution >= 0.6 is 0 Å². The SMILES string of the molecule is CC1(C)OC(CO)C(O)C(O)[C@@H]1O. The summed E-state index contributed by atoms with van der Waals surface area (Å²) in [6.45, 7) is 2.80. The van der Waals surface area contributed by atoms with Gasteiger partial charge in [-0.25, -0.2) is 0 Å². The average molecular weight is 192 g/mol. The summed E-state index contributed by atoms with van der Waals surface area (Å²) < 4.78 is 5.21. The van der Waals surface area contributed by atoms with E-state index < -0.39 is 30.0 Å². The van der Waals surface area contributed by atoms with Crippen molar-refractivity contribution in [2.45, 2.75) is 43.9 Å². The summed E-state index contributed by atoms with van der Waals surface area (Å²) >= 11 is 0. The minimum atomic E-state index is -1.28. The van der Waals surface area contributed by atoms with Crippen molar-refractivity contribution >= 4 is 0 Å². The minimum Gasteiger partial charge on any atom is -0.394 e. The van der Waals surface area contributed by atoms with E-state index in [0.29, 0.717) is 0 Å². The third-order valence-electron chi connectivity index (χ3n) is 2.40. The van der Waals surface area contributed by atoms with Crippen LogP contribution in [0.5, 0.6) is 0 Å². The van der Waals surface area contributed by atoms with Gasteiger partial charge in [0.1, 0.15) is 24.4 Å². The van der Waals surface area contributed by atoms with Gasteiger partial charge in [-0.15, -0.1) is 0 Å². The van der Waals surface area contributed by atoms with Crippen LogP contribution in [0.15, 0.2) is 0 Å². The molecular formula is C8H16O5. The fourth-order valence-electron chi connectivity index (χ4n) is 1.49. The van der Waals surface area contributed by atoms with Crippen molar-refractivity contribution < 1.29 is 25.2 Å². The van der Waals surface area contributed by atoms with E-state index in [0.717, 1.165) is 0 Å². The molecule has 0 amide bonds. The molecule has 13 heavy (non-hydrogen) atoms. The van der Waals surface area contributed by atoms with Crippen LogP contribution in [0.2, 0.25) is 0 Å². The van der Waals surface area contributed by atoms with Crippen LogP contribution < -0.4 is 0 Å². The van der Waals surface area contributed by atoms with Gasteiger partial charge in [0.15, 0.2) is 0 Å². The lowest BCUT2D eigenvalue weighted by Crippen LogP contribution is -2.62. The van der Waals surface area contributed by atoms with Gasteiger partial charge in [-0.2, -0.15) is 0 Å². The first kappa shape index (κ1) is 10.9. The van der Waals surface area contributed by atoms with Crippen molar-refractivity contribution in [3.05, 3.63) is 0 Å². The molecule has 0 saturated carbocycles. The Kier molecular flexibility index (Phi) is 2.94. The highest BCUT2D eigenvalue weighted by atomic mass is 16.6. The maximum absolute atomic E-state index is 9.47. The van der Waals surface area contributed by atoms with E-state index >= 15 is 0 Å². The van der Waals surface area contributed by atoms with E-state index in [4.69, 9.17) is 9.84 Å². The van der Waals surface area contributed by atoms with Crippen LogP contribution in [0.4, 0.5) is 0 Å². The van der Waals surface area contributed by atoms with Crippen molar-refractivity contribution in [1.82, 2.24) is 0 Å². The van der Waals surface area contributed by atoms with E-state index in [1.165, 1.54) is 0 Å². The molecular weight excluding hydrogens is 176 g/mol. The highest BCUT2D eigenvalue weighted by Gasteiger charge is 2.47. The molecule has 1 fully saturated rings. The molecule has 1 aliphatic heterocycles. The molecule has 4 N–H and O–H groups in total. The second-order valence-electron chi connectivity index (χ2n) is 3.87. The number of aliphatic hydroxyl groups excluding tert-OH is 4. The molecule has 1 heterocycles. The lowest BCUT2D eigenvalue weighted by molar-refractivity contribution is -0.262. The van der Waals surface area contributed by atoms with Crippen LogP contribution in [-0.2, 0) is 4.74 Å². The predicted octanol–water partition coefficient (Wildman–Crippen LogP) is -1.76. The number of hydrogen-bond acceptors (Lipinski definition) is 5. The minimum absolute atomic E-state index is 0.381. The maximum Gasteiger partial charge on any atom is 0.111 e. The van der Waals surface area contributed by atoms with Crippen LogP contribution in [-0.4, -0.2) is 57.0 Å². The molecule has 0 aromatic carbocycles. The summed E-state index contributed by atoms with van der Waals surface area (Å²) in [6, 6.07) is 0. The van der Waals surface area contributed by atoms with Crippen molar-refractivity contribution in [1.29, 1.82) is 0 Å². The Balaban J connectivity index is 2.79. The van der Waals surface area contributed by atoms with Gasteiger partial charge in [-0.05, 0) is 13.8 Å². The van der Waals surface area contributed by atoms with Crippen molar-refractivity contribution in [2.75, 3.05) is 6.61 Å². The third-order valence-corrected chi connectivity index (χ3v) is 2.40. The van der Waals surface area contributed by atoms with Crippen LogP contribution in [0, 0.1) is 0 Å². The van der Waals surface area contributed by atoms with Crippen LogP contribution in [0.25, 0.3) is 0 Å². The second kappa shape index (κ2) is 3.51. The first-order chi connectivity index (χ1) is 5.90. The molecule has 5 nitrogen and oxygen atoms in total. The largest absolute Gasteiger partial charge is 0.394 e. The van der Waals surface area contributed by atoms with Gasteiger partial charge in [0, 0.05) is 0 Å². The van der Waals surface area contributed by atoms with Gasteiger partial charge in [0.05, 0.1) is 12.2 Å². The summed E-state index contributed by atoms with van der Waals surface area (Å²) in [7, 11) is 0. The van der Waals surface area contributed by atoms with Crippen LogP contribution in [0.1, 0.15) is 13.8 Å². The molecule has 3 unspecified atom stereocenters. The molecule has 78 valence electrons. The Morgan fingerprint density at radius 2 is 1.69 bits per heavy atom. The molecule has 0 spiro atoms. The number of hydrogen-bond donors (Lipinski definition) is 4. The standard InChI is InChI=1S/C8H16O5/c1-8(2)7(12)6(11)5(10)4(3-9)13-8/h4-7,9-12H,3H2,1-2H3/t4?,5?,6?,7-/m0/s1. The molecule has 4 atom stereocenters.